The van der Waals surface area contributed by atoms with Gasteiger partial charge in [0.05, 0.1) is 6.04 Å². The number of aromatic hydroxyl groups is 1. The lowest BCUT2D eigenvalue weighted by molar-refractivity contribution is -0.142. The van der Waals surface area contributed by atoms with Crippen LogP contribution in [0.15, 0.2) is 29.2 Å². The Morgan fingerprint density at radius 3 is 2.83 bits per heavy atom. The molecule has 0 amide bonds. The van der Waals surface area contributed by atoms with Gasteiger partial charge in [-0.2, -0.15) is 13.2 Å². The Bertz CT molecular complexity index is 752. The molecule has 6 nitrogen and oxygen atoms in total. The number of hydrogen-bond acceptors (Lipinski definition) is 4. The molecule has 0 fully saturated rings. The van der Waals surface area contributed by atoms with Gasteiger partial charge in [0, 0.05) is 31.4 Å². The van der Waals surface area contributed by atoms with Crippen LogP contribution in [-0.4, -0.2) is 31.9 Å². The van der Waals surface area contributed by atoms with Crippen molar-refractivity contribution in [2.75, 3.05) is 6.54 Å². The van der Waals surface area contributed by atoms with Crippen LogP contribution in [0.1, 0.15) is 17.4 Å². The summed E-state index contributed by atoms with van der Waals surface area (Å²) in [4.78, 5) is 16.3. The summed E-state index contributed by atoms with van der Waals surface area (Å²) in [5.74, 6) is -0.638. The monoisotopic (exact) mass is 328 g/mol. The Morgan fingerprint density at radius 1 is 1.39 bits per heavy atom. The maximum absolute atomic E-state index is 12.6. The van der Waals surface area contributed by atoms with E-state index in [-0.39, 0.29) is 12.2 Å². The predicted octanol–water partition coefficient (Wildman–Crippen LogP) is 1.20. The second kappa shape index (κ2) is 5.73. The molecule has 23 heavy (non-hydrogen) atoms. The Kier molecular flexibility index (Phi) is 3.88. The van der Waals surface area contributed by atoms with Crippen molar-refractivity contribution in [2.24, 2.45) is 0 Å². The fraction of sp³-hybridized carbons (Fsp3) is 0.429. The summed E-state index contributed by atoms with van der Waals surface area (Å²) in [5, 5.41) is 13.3. The van der Waals surface area contributed by atoms with Gasteiger partial charge in [-0.25, -0.2) is 4.79 Å². The molecule has 0 bridgehead atoms. The third-order valence-electron chi connectivity index (χ3n) is 3.77. The Labute approximate surface area is 129 Å². The van der Waals surface area contributed by atoms with Crippen molar-refractivity contribution in [2.45, 2.75) is 31.7 Å². The number of pyridine rings is 1. The van der Waals surface area contributed by atoms with Crippen LogP contribution < -0.4 is 11.0 Å². The Balaban J connectivity index is 1.98. The second-order valence-corrected chi connectivity index (χ2v) is 5.38. The third kappa shape index (κ3) is 3.09. The van der Waals surface area contributed by atoms with Gasteiger partial charge < -0.3 is 10.4 Å². The minimum atomic E-state index is -4.58. The SMILES string of the molecule is O=c1n(CC(F)(F)F)c(O)c2n1CCN[C@@H]2Cc1ccccn1. The number of nitrogens with one attached hydrogen (secondary N) is 1. The van der Waals surface area contributed by atoms with Crippen LogP contribution in [0.3, 0.4) is 0 Å². The molecule has 3 rings (SSSR count). The molecule has 2 aromatic heterocycles. The number of hydrogen-bond donors (Lipinski definition) is 2. The van der Waals surface area contributed by atoms with E-state index >= 15 is 0 Å². The van der Waals surface area contributed by atoms with E-state index < -0.39 is 30.3 Å². The van der Waals surface area contributed by atoms with Crippen molar-refractivity contribution in [3.63, 3.8) is 0 Å². The van der Waals surface area contributed by atoms with E-state index in [0.717, 1.165) is 0 Å². The molecule has 0 spiro atoms. The molecule has 0 aliphatic carbocycles. The molecule has 1 aliphatic rings. The Morgan fingerprint density at radius 2 is 2.17 bits per heavy atom. The van der Waals surface area contributed by atoms with Crippen LogP contribution in [0.2, 0.25) is 0 Å². The van der Waals surface area contributed by atoms with E-state index in [2.05, 4.69) is 10.3 Å². The smallest absolute Gasteiger partial charge is 0.406 e. The van der Waals surface area contributed by atoms with Crippen molar-refractivity contribution in [3.8, 4) is 5.88 Å². The summed E-state index contributed by atoms with van der Waals surface area (Å²) in [6.45, 7) is -0.862. The van der Waals surface area contributed by atoms with Crippen LogP contribution in [0.25, 0.3) is 0 Å². The maximum atomic E-state index is 12.6. The number of fused-ring (bicyclic) bond motifs is 1. The first-order chi connectivity index (χ1) is 10.9. The first-order valence-electron chi connectivity index (χ1n) is 7.09. The summed E-state index contributed by atoms with van der Waals surface area (Å²) < 4.78 is 39.4. The van der Waals surface area contributed by atoms with Gasteiger partial charge >= 0.3 is 11.9 Å². The van der Waals surface area contributed by atoms with Gasteiger partial charge in [-0.3, -0.25) is 14.1 Å². The summed E-state index contributed by atoms with van der Waals surface area (Å²) in [7, 11) is 0. The van der Waals surface area contributed by atoms with E-state index in [9.17, 15) is 23.1 Å². The highest BCUT2D eigenvalue weighted by atomic mass is 19.4. The zero-order valence-corrected chi connectivity index (χ0v) is 12.0. The zero-order valence-electron chi connectivity index (χ0n) is 12.0. The average molecular weight is 328 g/mol. The first kappa shape index (κ1) is 15.6. The largest absolute Gasteiger partial charge is 0.493 e. The average Bonchev–Trinajstić information content (AvgIpc) is 2.73. The number of halogens is 3. The van der Waals surface area contributed by atoms with E-state index in [1.54, 1.807) is 24.4 Å². The van der Waals surface area contributed by atoms with Gasteiger partial charge in [-0.15, -0.1) is 0 Å². The maximum Gasteiger partial charge on any atom is 0.406 e. The molecule has 0 radical (unpaired) electrons. The van der Waals surface area contributed by atoms with E-state index in [4.69, 9.17) is 0 Å². The molecule has 9 heteroatoms. The number of rotatable bonds is 3. The van der Waals surface area contributed by atoms with Crippen molar-refractivity contribution < 1.29 is 18.3 Å². The molecular formula is C14H15F3N4O2. The van der Waals surface area contributed by atoms with Crippen LogP contribution in [-0.2, 0) is 19.5 Å². The standard InChI is InChI=1S/C14H15F3N4O2/c15-14(16,17)8-21-12(22)11-10(7-9-3-1-2-4-18-9)19-5-6-20(11)13(21)23/h1-4,10,19,22H,5-8H2/t10-/m1/s1. The third-order valence-corrected chi connectivity index (χ3v) is 3.77. The zero-order chi connectivity index (χ0) is 16.6. The van der Waals surface area contributed by atoms with Crippen molar-refractivity contribution in [3.05, 3.63) is 46.3 Å². The van der Waals surface area contributed by atoms with E-state index in [1.165, 1.54) is 4.57 Å². The minimum absolute atomic E-state index is 0.177. The molecule has 3 heterocycles. The lowest BCUT2D eigenvalue weighted by Gasteiger charge is -2.25. The molecule has 1 atom stereocenters. The normalized spacial score (nSPS) is 18.0. The van der Waals surface area contributed by atoms with Gasteiger partial charge in [-0.1, -0.05) is 6.07 Å². The first-order valence-corrected chi connectivity index (χ1v) is 7.09. The fourth-order valence-electron chi connectivity index (χ4n) is 2.82. The number of nitrogens with zero attached hydrogens (tertiary/aromatic N) is 3. The Hall–Kier alpha value is -2.29. The molecule has 124 valence electrons. The number of alkyl halides is 3. The van der Waals surface area contributed by atoms with E-state index in [1.807, 2.05) is 0 Å². The number of aromatic nitrogens is 3. The minimum Gasteiger partial charge on any atom is -0.493 e. The number of imidazole rings is 1. The fourth-order valence-corrected chi connectivity index (χ4v) is 2.82. The summed E-state index contributed by atoms with van der Waals surface area (Å²) in [6, 6.07) is 4.86. The molecule has 0 saturated carbocycles. The molecule has 2 N–H and O–H groups in total. The van der Waals surface area contributed by atoms with Gasteiger partial charge in [-0.05, 0) is 12.1 Å². The van der Waals surface area contributed by atoms with E-state index in [0.29, 0.717) is 23.2 Å². The highest BCUT2D eigenvalue weighted by Gasteiger charge is 2.35. The van der Waals surface area contributed by atoms with Crippen molar-refractivity contribution in [1.82, 2.24) is 19.4 Å². The second-order valence-electron chi connectivity index (χ2n) is 5.38. The summed E-state index contributed by atoms with van der Waals surface area (Å²) in [5.41, 5.74) is 0.0485. The van der Waals surface area contributed by atoms with Gasteiger partial charge in [0.15, 0.2) is 0 Å². The quantitative estimate of drug-likeness (QED) is 0.888. The van der Waals surface area contributed by atoms with Crippen LogP contribution in [0, 0.1) is 0 Å². The molecule has 1 aliphatic heterocycles. The molecule has 2 aromatic rings. The summed E-state index contributed by atoms with van der Waals surface area (Å²) >= 11 is 0. The highest BCUT2D eigenvalue weighted by molar-refractivity contribution is 5.27. The molecular weight excluding hydrogens is 313 g/mol. The topological polar surface area (TPSA) is 72.1 Å². The highest BCUT2D eigenvalue weighted by Crippen LogP contribution is 2.30. The van der Waals surface area contributed by atoms with Crippen molar-refractivity contribution in [1.29, 1.82) is 0 Å². The molecule has 0 saturated heterocycles. The van der Waals surface area contributed by atoms with Gasteiger partial charge in [0.1, 0.15) is 12.2 Å². The molecule has 0 unspecified atom stereocenters. The lowest BCUT2D eigenvalue weighted by atomic mass is 10.1. The molecule has 0 aromatic carbocycles. The van der Waals surface area contributed by atoms with Gasteiger partial charge in [0.2, 0.25) is 5.88 Å². The lowest BCUT2D eigenvalue weighted by Crippen LogP contribution is -2.39. The van der Waals surface area contributed by atoms with Crippen LogP contribution >= 0.6 is 0 Å². The van der Waals surface area contributed by atoms with Crippen molar-refractivity contribution >= 4 is 0 Å². The van der Waals surface area contributed by atoms with Crippen LogP contribution in [0.5, 0.6) is 5.88 Å². The summed E-state index contributed by atoms with van der Waals surface area (Å²) in [6.07, 6.45) is -2.60. The van der Waals surface area contributed by atoms with Gasteiger partial charge in [0.25, 0.3) is 0 Å². The predicted molar refractivity (Wildman–Crippen MR) is 75.1 cm³/mol. The van der Waals surface area contributed by atoms with Crippen LogP contribution in [0.4, 0.5) is 13.2 Å².